The molecule has 2 saturated heterocycles. The highest BCUT2D eigenvalue weighted by Gasteiger charge is 2.49. The van der Waals surface area contributed by atoms with Crippen LogP contribution in [0.5, 0.6) is 5.88 Å². The molecule has 2 aromatic rings. The summed E-state index contributed by atoms with van der Waals surface area (Å²) in [5.74, 6) is -0.876. The number of rotatable bonds is 6. The maximum atomic E-state index is 16.4. The topological polar surface area (TPSA) is 147 Å². The van der Waals surface area contributed by atoms with E-state index in [1.54, 1.807) is 6.92 Å². The summed E-state index contributed by atoms with van der Waals surface area (Å²) in [4.78, 5) is 13.9. The molecule has 5 N–H and O–H groups in total. The van der Waals surface area contributed by atoms with Crippen LogP contribution in [0, 0.1) is 22.6 Å². The number of halogens is 2. The number of thiophene rings is 1. The molecule has 0 aromatic carbocycles. The Hall–Kier alpha value is -3.34. The molecule has 3 aliphatic carbocycles. The maximum Gasteiger partial charge on any atom is 0.256 e. The molecule has 7 rings (SSSR count). The Morgan fingerprint density at radius 3 is 2.65 bits per heavy atom. The van der Waals surface area contributed by atoms with Crippen molar-refractivity contribution in [2.45, 2.75) is 107 Å². The summed E-state index contributed by atoms with van der Waals surface area (Å²) in [6.07, 6.45) is 4.71. The number of allylic oxidation sites excluding steroid dienone is 2. The highest BCUT2D eigenvalue weighted by atomic mass is 32.1. The number of alkyl halides is 1. The Kier molecular flexibility index (Phi) is 7.76. The number of likely N-dealkylation sites (N-methyl/N-ethyl adjacent to an activating group) is 1. The first kappa shape index (κ1) is 31.3. The van der Waals surface area contributed by atoms with Crippen molar-refractivity contribution >= 4 is 27.9 Å². The smallest absolute Gasteiger partial charge is 0.256 e. The molecule has 5 atom stereocenters. The largest absolute Gasteiger partial charge is 0.511 e. The van der Waals surface area contributed by atoms with Crippen molar-refractivity contribution in [3.05, 3.63) is 39.0 Å². The molecule has 246 valence electrons. The molecule has 10 nitrogen and oxygen atoms in total. The van der Waals surface area contributed by atoms with Gasteiger partial charge in [0.05, 0.1) is 11.0 Å². The summed E-state index contributed by atoms with van der Waals surface area (Å²) >= 11 is 1.41. The minimum absolute atomic E-state index is 0.0299. The van der Waals surface area contributed by atoms with Gasteiger partial charge in [-0.15, -0.1) is 11.3 Å². The van der Waals surface area contributed by atoms with Crippen molar-refractivity contribution in [2.24, 2.45) is 0 Å². The number of piperazine rings is 1. The minimum Gasteiger partial charge on any atom is -0.511 e. The summed E-state index contributed by atoms with van der Waals surface area (Å²) in [7, 11) is 1.83. The van der Waals surface area contributed by atoms with Gasteiger partial charge in [0.25, 0.3) is 5.88 Å². The molecule has 46 heavy (non-hydrogen) atoms. The predicted octanol–water partition coefficient (Wildman–Crippen LogP) is 4.91. The zero-order chi connectivity index (χ0) is 32.5. The fourth-order valence-electron chi connectivity index (χ4n) is 8.50. The number of nitrogens with two attached hydrogens (primary N) is 1. The van der Waals surface area contributed by atoms with E-state index >= 15 is 4.39 Å². The molecule has 2 spiro atoms. The first-order chi connectivity index (χ1) is 21.9. The van der Waals surface area contributed by atoms with E-state index in [-0.39, 0.29) is 59.6 Å². The molecule has 2 aliphatic heterocycles. The van der Waals surface area contributed by atoms with E-state index in [1.807, 2.05) is 16.8 Å². The highest BCUT2D eigenvalue weighted by Crippen LogP contribution is 2.54. The first-order valence-electron chi connectivity index (χ1n) is 16.4. The van der Waals surface area contributed by atoms with E-state index in [0.717, 1.165) is 36.1 Å². The normalized spacial score (nSPS) is 29.6. The number of ether oxygens (including phenoxy) is 1. The lowest BCUT2D eigenvalue weighted by molar-refractivity contribution is 0.112. The van der Waals surface area contributed by atoms with Crippen LogP contribution in [0.1, 0.15) is 87.0 Å². The number of nitrogens with zero attached hydrogens (tertiary/aromatic N) is 5. The van der Waals surface area contributed by atoms with Gasteiger partial charge in [0.2, 0.25) is 5.82 Å². The molecule has 1 saturated carbocycles. The number of nitrogens with one attached hydrogen (secondary N) is 2. The minimum atomic E-state index is -0.985. The predicted molar refractivity (Wildman–Crippen MR) is 173 cm³/mol. The van der Waals surface area contributed by atoms with Crippen LogP contribution >= 0.6 is 11.3 Å². The molecule has 0 unspecified atom stereocenters. The van der Waals surface area contributed by atoms with E-state index in [2.05, 4.69) is 28.3 Å². The summed E-state index contributed by atoms with van der Waals surface area (Å²) in [5.41, 5.74) is 6.87. The summed E-state index contributed by atoms with van der Waals surface area (Å²) in [5, 5.41) is 35.5. The van der Waals surface area contributed by atoms with E-state index in [9.17, 15) is 20.2 Å². The summed E-state index contributed by atoms with van der Waals surface area (Å²) in [6.45, 7) is 5.22. The number of nitriles is 1. The van der Waals surface area contributed by atoms with Crippen molar-refractivity contribution in [3.8, 4) is 11.9 Å². The number of aryl methyl sites for hydroxylation is 1. The summed E-state index contributed by atoms with van der Waals surface area (Å²) in [6, 6.07) is 2.11. The van der Waals surface area contributed by atoms with E-state index in [1.165, 1.54) is 11.3 Å². The third-order valence-corrected chi connectivity index (χ3v) is 11.9. The molecule has 4 heterocycles. The van der Waals surface area contributed by atoms with Crippen molar-refractivity contribution in [2.75, 3.05) is 37.3 Å². The zero-order valence-electron chi connectivity index (χ0n) is 26.6. The number of anilines is 2. The second-order valence-corrected chi connectivity index (χ2v) is 15.2. The quantitative estimate of drug-likeness (QED) is 0.320. The van der Waals surface area contributed by atoms with Crippen molar-refractivity contribution < 1.29 is 18.6 Å². The standard InChI is InChI=1S/C33H42F2N8O2S/c1-17-14-43(16-32(41-17)10-11-32)30-25(35)31(45-18(2)22-12-19(34)15-42(22)3)40-29(39-30)26(37)20-6-4-8-33(27(20)44)9-5-7-23-24(33)21(13-36)28(38)46-23/h17-19,22,37,41,44H,4-12,14-16,38H2,1-3H3/t17-,18-,19+,22-,33-/m0/s1. The van der Waals surface area contributed by atoms with Crippen LogP contribution in [-0.2, 0) is 11.8 Å². The number of aromatic nitrogens is 2. The molecule has 2 aromatic heterocycles. The van der Waals surface area contributed by atoms with Crippen LogP contribution in [0.3, 0.4) is 0 Å². The van der Waals surface area contributed by atoms with Gasteiger partial charge in [-0.25, -0.2) is 9.37 Å². The van der Waals surface area contributed by atoms with Gasteiger partial charge >= 0.3 is 0 Å². The van der Waals surface area contributed by atoms with Crippen molar-refractivity contribution in [1.29, 1.82) is 10.7 Å². The molecular weight excluding hydrogens is 610 g/mol. The van der Waals surface area contributed by atoms with Crippen molar-refractivity contribution in [1.82, 2.24) is 20.2 Å². The van der Waals surface area contributed by atoms with E-state index in [0.29, 0.717) is 54.9 Å². The van der Waals surface area contributed by atoms with Crippen LogP contribution in [0.4, 0.5) is 19.6 Å². The Morgan fingerprint density at radius 2 is 1.98 bits per heavy atom. The van der Waals surface area contributed by atoms with Gasteiger partial charge < -0.3 is 25.8 Å². The lowest BCUT2D eigenvalue weighted by atomic mass is 9.63. The molecule has 0 amide bonds. The number of aliphatic hydroxyl groups is 1. The van der Waals surface area contributed by atoms with Gasteiger partial charge in [-0.05, 0) is 84.2 Å². The van der Waals surface area contributed by atoms with Gasteiger partial charge in [-0.3, -0.25) is 10.3 Å². The average Bonchev–Trinajstić information content (AvgIpc) is 3.51. The Labute approximate surface area is 272 Å². The van der Waals surface area contributed by atoms with Gasteiger partial charge in [0.15, 0.2) is 11.6 Å². The van der Waals surface area contributed by atoms with Crippen LogP contribution in [0.15, 0.2) is 11.3 Å². The molecule has 0 bridgehead atoms. The first-order valence-corrected chi connectivity index (χ1v) is 17.2. The number of hydrogen-bond acceptors (Lipinski definition) is 11. The number of hydrogen-bond donors (Lipinski definition) is 4. The molecule has 5 aliphatic rings. The third-order valence-electron chi connectivity index (χ3n) is 10.8. The lowest BCUT2D eigenvalue weighted by Gasteiger charge is -2.41. The van der Waals surface area contributed by atoms with Crippen molar-refractivity contribution in [3.63, 3.8) is 0 Å². The fraction of sp³-hybridized carbons (Fsp3) is 0.636. The van der Waals surface area contributed by atoms with Gasteiger partial charge in [-0.2, -0.15) is 14.6 Å². The zero-order valence-corrected chi connectivity index (χ0v) is 27.4. The third kappa shape index (κ3) is 5.13. The fourth-order valence-corrected chi connectivity index (χ4v) is 9.66. The van der Waals surface area contributed by atoms with Gasteiger partial charge in [0.1, 0.15) is 34.8 Å². The van der Waals surface area contributed by atoms with E-state index in [4.69, 9.17) is 10.5 Å². The summed E-state index contributed by atoms with van der Waals surface area (Å²) < 4.78 is 36.8. The van der Waals surface area contributed by atoms with Gasteiger partial charge in [-0.1, -0.05) is 0 Å². The van der Waals surface area contributed by atoms with Crippen LogP contribution in [-0.4, -0.2) is 82.3 Å². The second-order valence-electron chi connectivity index (χ2n) is 14.1. The molecule has 0 radical (unpaired) electrons. The Morgan fingerprint density at radius 1 is 1.24 bits per heavy atom. The number of aliphatic hydroxyl groups excluding tert-OH is 1. The van der Waals surface area contributed by atoms with Crippen LogP contribution < -0.4 is 20.7 Å². The van der Waals surface area contributed by atoms with E-state index < -0.39 is 23.5 Å². The number of nitrogen functional groups attached to an aromatic ring is 1. The lowest BCUT2D eigenvalue weighted by Crippen LogP contribution is -2.57. The Balaban J connectivity index is 1.30. The highest BCUT2D eigenvalue weighted by molar-refractivity contribution is 7.16. The SMILES string of the molecule is C[C@H](Oc1nc(C(=N)C2=C(O)[C@@]3(CCC2)CCCc2sc(N)c(C#N)c23)nc(N2C[C@H](C)NC3(CC3)C2)c1F)[C@@H]1C[C@@H](F)CN1C. The molecule has 13 heteroatoms. The Bertz CT molecular complexity index is 1650. The number of likely N-dealkylation sites (tertiary alicyclic amines) is 1. The molecule has 3 fully saturated rings. The van der Waals surface area contributed by atoms with Gasteiger partial charge in [0, 0.05) is 47.7 Å². The monoisotopic (exact) mass is 652 g/mol. The maximum absolute atomic E-state index is 16.4. The van der Waals surface area contributed by atoms with Crippen LogP contribution in [0.2, 0.25) is 0 Å². The second kappa shape index (κ2) is 11.4. The average molecular weight is 653 g/mol. The van der Waals surface area contributed by atoms with Crippen LogP contribution in [0.25, 0.3) is 0 Å². The number of fused-ring (bicyclic) bond motifs is 2. The molecular formula is C33H42F2N8O2S.